The Hall–Kier alpha value is -0.0800. The predicted octanol–water partition coefficient (Wildman–Crippen LogP) is 3.22. The molecule has 2 heteroatoms. The SMILES string of the molecule is CC12CCC(C1)C(C)(C)C2NCC1CCOCC1. The van der Waals surface area contributed by atoms with Crippen LogP contribution in [0.5, 0.6) is 0 Å². The maximum atomic E-state index is 5.45. The van der Waals surface area contributed by atoms with E-state index < -0.39 is 0 Å². The average molecular weight is 251 g/mol. The summed E-state index contributed by atoms with van der Waals surface area (Å²) in [6.45, 7) is 10.7. The molecule has 3 atom stereocenters. The average Bonchev–Trinajstić information content (AvgIpc) is 2.81. The van der Waals surface area contributed by atoms with Crippen molar-refractivity contribution in [2.45, 2.75) is 58.9 Å². The van der Waals surface area contributed by atoms with Crippen molar-refractivity contribution in [1.29, 1.82) is 0 Å². The van der Waals surface area contributed by atoms with E-state index >= 15 is 0 Å². The van der Waals surface area contributed by atoms with Gasteiger partial charge in [-0.25, -0.2) is 0 Å². The Labute approximate surface area is 112 Å². The molecule has 3 fully saturated rings. The fourth-order valence-electron chi connectivity index (χ4n) is 5.05. The number of rotatable bonds is 3. The van der Waals surface area contributed by atoms with Crippen LogP contribution in [-0.2, 0) is 4.74 Å². The summed E-state index contributed by atoms with van der Waals surface area (Å²) in [5, 5.41) is 3.96. The zero-order valence-corrected chi connectivity index (χ0v) is 12.3. The van der Waals surface area contributed by atoms with E-state index in [1.807, 2.05) is 0 Å². The zero-order chi connectivity index (χ0) is 12.8. The van der Waals surface area contributed by atoms with Gasteiger partial charge in [-0.1, -0.05) is 20.8 Å². The highest BCUT2D eigenvalue weighted by Crippen LogP contribution is 2.62. The third kappa shape index (κ3) is 2.02. The Morgan fingerprint density at radius 2 is 1.83 bits per heavy atom. The maximum Gasteiger partial charge on any atom is 0.0469 e. The Bertz CT molecular complexity index is 303. The second-order valence-electron chi connectivity index (χ2n) is 7.81. The molecule has 2 saturated carbocycles. The predicted molar refractivity (Wildman–Crippen MR) is 74.6 cm³/mol. The third-order valence-corrected chi connectivity index (χ3v) is 6.22. The van der Waals surface area contributed by atoms with Gasteiger partial charge in [-0.05, 0) is 61.3 Å². The molecule has 1 N–H and O–H groups in total. The summed E-state index contributed by atoms with van der Waals surface area (Å²) in [6, 6.07) is 0.728. The van der Waals surface area contributed by atoms with Crippen LogP contribution < -0.4 is 5.32 Å². The first-order valence-corrected chi connectivity index (χ1v) is 7.83. The summed E-state index contributed by atoms with van der Waals surface area (Å²) < 4.78 is 5.45. The molecule has 2 nitrogen and oxygen atoms in total. The van der Waals surface area contributed by atoms with E-state index in [1.54, 1.807) is 0 Å². The second-order valence-corrected chi connectivity index (χ2v) is 7.81. The molecule has 1 aliphatic heterocycles. The van der Waals surface area contributed by atoms with Crippen LogP contribution in [-0.4, -0.2) is 25.8 Å². The number of fused-ring (bicyclic) bond motifs is 2. The number of hydrogen-bond acceptors (Lipinski definition) is 2. The van der Waals surface area contributed by atoms with Crippen molar-refractivity contribution in [3.63, 3.8) is 0 Å². The van der Waals surface area contributed by atoms with Crippen molar-refractivity contribution in [2.75, 3.05) is 19.8 Å². The minimum absolute atomic E-state index is 0.498. The number of nitrogens with one attached hydrogen (secondary N) is 1. The highest BCUT2D eigenvalue weighted by atomic mass is 16.5. The molecule has 3 aliphatic rings. The Morgan fingerprint density at radius 1 is 1.11 bits per heavy atom. The minimum atomic E-state index is 0.498. The first kappa shape index (κ1) is 12.9. The van der Waals surface area contributed by atoms with Crippen molar-refractivity contribution in [3.8, 4) is 0 Å². The van der Waals surface area contributed by atoms with Gasteiger partial charge in [-0.15, -0.1) is 0 Å². The van der Waals surface area contributed by atoms with Crippen LogP contribution in [0, 0.1) is 22.7 Å². The topological polar surface area (TPSA) is 21.3 Å². The monoisotopic (exact) mass is 251 g/mol. The van der Waals surface area contributed by atoms with Gasteiger partial charge in [0, 0.05) is 19.3 Å². The van der Waals surface area contributed by atoms with Gasteiger partial charge in [0.2, 0.25) is 0 Å². The van der Waals surface area contributed by atoms with Gasteiger partial charge >= 0.3 is 0 Å². The molecular formula is C16H29NO. The molecule has 0 radical (unpaired) electrons. The van der Waals surface area contributed by atoms with Gasteiger partial charge in [-0.2, -0.15) is 0 Å². The molecule has 0 spiro atoms. The number of ether oxygens (including phenoxy) is 1. The lowest BCUT2D eigenvalue weighted by Gasteiger charge is -2.44. The first-order chi connectivity index (χ1) is 8.52. The molecule has 18 heavy (non-hydrogen) atoms. The van der Waals surface area contributed by atoms with Gasteiger partial charge in [0.05, 0.1) is 0 Å². The van der Waals surface area contributed by atoms with Crippen LogP contribution in [0.2, 0.25) is 0 Å². The normalized spacial score (nSPS) is 43.5. The van der Waals surface area contributed by atoms with Crippen LogP contribution in [0.4, 0.5) is 0 Å². The molecule has 0 amide bonds. The van der Waals surface area contributed by atoms with Gasteiger partial charge in [0.1, 0.15) is 0 Å². The van der Waals surface area contributed by atoms with Gasteiger partial charge in [0.15, 0.2) is 0 Å². The first-order valence-electron chi connectivity index (χ1n) is 7.83. The molecule has 2 aliphatic carbocycles. The highest BCUT2D eigenvalue weighted by molar-refractivity contribution is 5.12. The van der Waals surface area contributed by atoms with E-state index in [-0.39, 0.29) is 0 Å². The van der Waals surface area contributed by atoms with Gasteiger partial charge in [0.25, 0.3) is 0 Å². The largest absolute Gasteiger partial charge is 0.381 e. The summed E-state index contributed by atoms with van der Waals surface area (Å²) in [6.07, 6.45) is 6.84. The lowest BCUT2D eigenvalue weighted by Crippen LogP contribution is -2.51. The van der Waals surface area contributed by atoms with Crippen molar-refractivity contribution in [2.24, 2.45) is 22.7 Å². The smallest absolute Gasteiger partial charge is 0.0469 e. The van der Waals surface area contributed by atoms with Crippen molar-refractivity contribution in [1.82, 2.24) is 5.32 Å². The van der Waals surface area contributed by atoms with E-state index in [0.29, 0.717) is 10.8 Å². The molecular weight excluding hydrogens is 222 g/mol. The van der Waals surface area contributed by atoms with E-state index in [1.165, 1.54) is 38.6 Å². The van der Waals surface area contributed by atoms with Crippen LogP contribution in [0.15, 0.2) is 0 Å². The molecule has 104 valence electrons. The zero-order valence-electron chi connectivity index (χ0n) is 12.3. The Balaban J connectivity index is 1.61. The maximum absolute atomic E-state index is 5.45. The van der Waals surface area contributed by atoms with Crippen LogP contribution in [0.3, 0.4) is 0 Å². The van der Waals surface area contributed by atoms with E-state index in [2.05, 4.69) is 26.1 Å². The van der Waals surface area contributed by atoms with Crippen LogP contribution in [0.1, 0.15) is 52.9 Å². The number of hydrogen-bond donors (Lipinski definition) is 1. The van der Waals surface area contributed by atoms with E-state index in [0.717, 1.165) is 31.1 Å². The van der Waals surface area contributed by atoms with Crippen molar-refractivity contribution in [3.05, 3.63) is 0 Å². The highest BCUT2D eigenvalue weighted by Gasteiger charge is 2.58. The molecule has 1 saturated heterocycles. The molecule has 1 heterocycles. The van der Waals surface area contributed by atoms with Crippen LogP contribution >= 0.6 is 0 Å². The summed E-state index contributed by atoms with van der Waals surface area (Å²) in [5.41, 5.74) is 1.07. The molecule has 3 rings (SSSR count). The fourth-order valence-corrected chi connectivity index (χ4v) is 5.05. The van der Waals surface area contributed by atoms with Crippen molar-refractivity contribution < 1.29 is 4.74 Å². The Morgan fingerprint density at radius 3 is 2.44 bits per heavy atom. The quantitative estimate of drug-likeness (QED) is 0.831. The van der Waals surface area contributed by atoms with Gasteiger partial charge in [-0.3, -0.25) is 0 Å². The van der Waals surface area contributed by atoms with Gasteiger partial charge < -0.3 is 10.1 Å². The standard InChI is InChI=1S/C16H29NO/c1-15(2)13-4-7-16(3,10-13)14(15)17-11-12-5-8-18-9-6-12/h12-14,17H,4-11H2,1-3H3. The molecule has 2 bridgehead atoms. The molecule has 0 aromatic rings. The minimum Gasteiger partial charge on any atom is -0.381 e. The third-order valence-electron chi connectivity index (χ3n) is 6.22. The summed E-state index contributed by atoms with van der Waals surface area (Å²) in [7, 11) is 0. The summed E-state index contributed by atoms with van der Waals surface area (Å²) in [5.74, 6) is 1.80. The van der Waals surface area contributed by atoms with E-state index in [4.69, 9.17) is 4.74 Å². The molecule has 3 unspecified atom stereocenters. The lowest BCUT2D eigenvalue weighted by atomic mass is 9.68. The Kier molecular flexibility index (Phi) is 3.22. The molecule has 0 aromatic carbocycles. The van der Waals surface area contributed by atoms with Crippen molar-refractivity contribution >= 4 is 0 Å². The summed E-state index contributed by atoms with van der Waals surface area (Å²) in [4.78, 5) is 0. The lowest BCUT2D eigenvalue weighted by molar-refractivity contribution is 0.0555. The fraction of sp³-hybridized carbons (Fsp3) is 1.00. The summed E-state index contributed by atoms with van der Waals surface area (Å²) >= 11 is 0. The molecule has 0 aromatic heterocycles. The van der Waals surface area contributed by atoms with Crippen LogP contribution in [0.25, 0.3) is 0 Å². The van der Waals surface area contributed by atoms with E-state index in [9.17, 15) is 0 Å². The second kappa shape index (κ2) is 4.49.